The number of halogens is 1. The number of benzene rings is 1. The van der Waals surface area contributed by atoms with E-state index >= 15 is 0 Å². The number of aromatic nitrogens is 1. The Bertz CT molecular complexity index is 467. The molecule has 0 bridgehead atoms. The van der Waals surface area contributed by atoms with Gasteiger partial charge in [0, 0.05) is 22.3 Å². The van der Waals surface area contributed by atoms with E-state index in [9.17, 15) is 0 Å². The molecule has 0 saturated heterocycles. The van der Waals surface area contributed by atoms with Crippen LogP contribution in [0.5, 0.6) is 0 Å². The van der Waals surface area contributed by atoms with Crippen molar-refractivity contribution in [1.82, 2.24) is 10.5 Å². The molecule has 80 valence electrons. The van der Waals surface area contributed by atoms with Gasteiger partial charge in [-0.15, -0.1) is 0 Å². The lowest BCUT2D eigenvalue weighted by atomic mass is 10.1. The summed E-state index contributed by atoms with van der Waals surface area (Å²) in [7, 11) is 1.94. The summed E-state index contributed by atoms with van der Waals surface area (Å²) in [6.45, 7) is 2.12. The molecule has 2 aromatic rings. The van der Waals surface area contributed by atoms with Gasteiger partial charge in [0.2, 0.25) is 0 Å². The van der Waals surface area contributed by atoms with Gasteiger partial charge < -0.3 is 9.84 Å². The predicted molar refractivity (Wildman–Crippen MR) is 63.9 cm³/mol. The smallest absolute Gasteiger partial charge is 0.146 e. The maximum Gasteiger partial charge on any atom is 0.146 e. The van der Waals surface area contributed by atoms with Crippen LogP contribution < -0.4 is 5.32 Å². The molecule has 15 heavy (non-hydrogen) atoms. The molecule has 0 radical (unpaired) electrons. The first-order valence-corrected chi connectivity index (χ1v) is 5.71. The van der Waals surface area contributed by atoms with Gasteiger partial charge in [0.25, 0.3) is 0 Å². The Hall–Kier alpha value is -0.870. The van der Waals surface area contributed by atoms with E-state index in [2.05, 4.69) is 33.3 Å². The highest BCUT2D eigenvalue weighted by atomic mass is 79.9. The van der Waals surface area contributed by atoms with Crippen LogP contribution in [0.4, 0.5) is 0 Å². The molecule has 0 aliphatic heterocycles. The van der Waals surface area contributed by atoms with E-state index in [0.717, 1.165) is 27.6 Å². The number of rotatable bonds is 3. The average Bonchev–Trinajstić information content (AvgIpc) is 2.61. The Balaban J connectivity index is 2.39. The highest BCUT2D eigenvalue weighted by Crippen LogP contribution is 2.23. The zero-order valence-electron chi connectivity index (χ0n) is 8.75. The molecule has 1 aromatic heterocycles. The average molecular weight is 269 g/mol. The predicted octanol–water partition coefficient (Wildman–Crippen LogP) is 2.74. The fourth-order valence-electron chi connectivity index (χ4n) is 1.49. The van der Waals surface area contributed by atoms with Crippen molar-refractivity contribution in [3.8, 4) is 0 Å². The minimum absolute atomic E-state index is 0.389. The number of fused-ring (bicyclic) bond motifs is 1. The van der Waals surface area contributed by atoms with Gasteiger partial charge in [0.05, 0.1) is 0 Å². The van der Waals surface area contributed by atoms with Gasteiger partial charge in [-0.25, -0.2) is 0 Å². The zero-order chi connectivity index (χ0) is 10.8. The molecular weight excluding hydrogens is 256 g/mol. The van der Waals surface area contributed by atoms with Gasteiger partial charge in [-0.2, -0.15) is 0 Å². The van der Waals surface area contributed by atoms with Crippen molar-refractivity contribution in [2.24, 2.45) is 0 Å². The molecule has 3 nitrogen and oxygen atoms in total. The summed E-state index contributed by atoms with van der Waals surface area (Å²) in [4.78, 5) is 0. The summed E-state index contributed by atoms with van der Waals surface area (Å²) in [5.41, 5.74) is 0.913. The minimum atomic E-state index is 0.389. The molecule has 1 unspecified atom stereocenters. The largest absolute Gasteiger partial charge is 0.360 e. The number of nitrogens with zero attached hydrogens (tertiary/aromatic N) is 1. The standard InChI is InChI=1S/C11H13BrN2O/c1-7(13-2)5-11-9-6-8(12)3-4-10(9)14-15-11/h3-4,6-7,13H,5H2,1-2H3. The lowest BCUT2D eigenvalue weighted by Crippen LogP contribution is -2.23. The maximum atomic E-state index is 5.33. The number of likely N-dealkylation sites (N-methyl/N-ethyl adjacent to an activating group) is 1. The highest BCUT2D eigenvalue weighted by molar-refractivity contribution is 9.10. The lowest BCUT2D eigenvalue weighted by molar-refractivity contribution is 0.378. The number of nitrogens with one attached hydrogen (secondary N) is 1. The molecule has 0 saturated carbocycles. The van der Waals surface area contributed by atoms with E-state index in [1.54, 1.807) is 0 Å². The van der Waals surface area contributed by atoms with E-state index in [0.29, 0.717) is 6.04 Å². The van der Waals surface area contributed by atoms with Gasteiger partial charge in [0.15, 0.2) is 0 Å². The normalized spacial score (nSPS) is 13.3. The van der Waals surface area contributed by atoms with Crippen LogP contribution in [-0.4, -0.2) is 18.2 Å². The molecule has 0 fully saturated rings. The summed E-state index contributed by atoms with van der Waals surface area (Å²) >= 11 is 3.45. The van der Waals surface area contributed by atoms with Crippen molar-refractivity contribution >= 4 is 26.8 Å². The first-order valence-electron chi connectivity index (χ1n) is 4.92. The lowest BCUT2D eigenvalue weighted by Gasteiger charge is -2.06. The van der Waals surface area contributed by atoms with Crippen LogP contribution in [-0.2, 0) is 6.42 Å². The van der Waals surface area contributed by atoms with E-state index in [1.165, 1.54) is 0 Å². The molecule has 0 aliphatic carbocycles. The first kappa shape index (κ1) is 10.6. The summed E-state index contributed by atoms with van der Waals surface area (Å²) in [5, 5.41) is 8.30. The number of hydrogen-bond donors (Lipinski definition) is 1. The topological polar surface area (TPSA) is 38.1 Å². The van der Waals surface area contributed by atoms with Crippen LogP contribution in [0, 0.1) is 0 Å². The van der Waals surface area contributed by atoms with Crippen LogP contribution in [0.15, 0.2) is 27.2 Å². The van der Waals surface area contributed by atoms with E-state index < -0.39 is 0 Å². The van der Waals surface area contributed by atoms with Crippen LogP contribution in [0.1, 0.15) is 12.7 Å². The Morgan fingerprint density at radius 3 is 3.07 bits per heavy atom. The Labute approximate surface area is 97.0 Å². The molecular formula is C11H13BrN2O. The molecule has 0 amide bonds. The van der Waals surface area contributed by atoms with Gasteiger partial charge in [-0.1, -0.05) is 21.1 Å². The second-order valence-corrected chi connectivity index (χ2v) is 4.58. The second kappa shape index (κ2) is 4.33. The monoisotopic (exact) mass is 268 g/mol. The van der Waals surface area contributed by atoms with Crippen molar-refractivity contribution in [1.29, 1.82) is 0 Å². The minimum Gasteiger partial charge on any atom is -0.360 e. The van der Waals surface area contributed by atoms with E-state index in [4.69, 9.17) is 4.52 Å². The Morgan fingerprint density at radius 2 is 2.33 bits per heavy atom. The molecule has 1 heterocycles. The Morgan fingerprint density at radius 1 is 1.53 bits per heavy atom. The fourth-order valence-corrected chi connectivity index (χ4v) is 1.85. The van der Waals surface area contributed by atoms with E-state index in [-0.39, 0.29) is 0 Å². The van der Waals surface area contributed by atoms with Crippen molar-refractivity contribution in [3.05, 3.63) is 28.4 Å². The van der Waals surface area contributed by atoms with E-state index in [1.807, 2.05) is 25.2 Å². The SMILES string of the molecule is CNC(C)Cc1onc2ccc(Br)cc12. The molecule has 0 spiro atoms. The van der Waals surface area contributed by atoms with Crippen molar-refractivity contribution in [3.63, 3.8) is 0 Å². The number of hydrogen-bond acceptors (Lipinski definition) is 3. The molecule has 1 atom stereocenters. The summed E-state index contributed by atoms with van der Waals surface area (Å²) in [6.07, 6.45) is 0.851. The second-order valence-electron chi connectivity index (χ2n) is 3.66. The third kappa shape index (κ3) is 2.21. The van der Waals surface area contributed by atoms with Crippen molar-refractivity contribution in [2.45, 2.75) is 19.4 Å². The molecule has 2 rings (SSSR count). The van der Waals surface area contributed by atoms with Crippen LogP contribution >= 0.6 is 15.9 Å². The molecule has 4 heteroatoms. The fraction of sp³-hybridized carbons (Fsp3) is 0.364. The van der Waals surface area contributed by atoms with Crippen LogP contribution in [0.3, 0.4) is 0 Å². The highest BCUT2D eigenvalue weighted by Gasteiger charge is 2.11. The summed E-state index contributed by atoms with van der Waals surface area (Å²) in [6, 6.07) is 6.36. The molecule has 1 N–H and O–H groups in total. The van der Waals surface area contributed by atoms with Crippen molar-refractivity contribution < 1.29 is 4.52 Å². The first-order chi connectivity index (χ1) is 7.20. The van der Waals surface area contributed by atoms with Gasteiger partial charge in [0.1, 0.15) is 11.3 Å². The summed E-state index contributed by atoms with van der Waals surface area (Å²) in [5.74, 6) is 0.938. The van der Waals surface area contributed by atoms with Gasteiger partial charge >= 0.3 is 0 Å². The maximum absolute atomic E-state index is 5.33. The third-order valence-corrected chi connectivity index (χ3v) is 2.99. The van der Waals surface area contributed by atoms with Gasteiger partial charge in [-0.05, 0) is 32.2 Å². The third-order valence-electron chi connectivity index (χ3n) is 2.50. The van der Waals surface area contributed by atoms with Gasteiger partial charge in [-0.3, -0.25) is 0 Å². The van der Waals surface area contributed by atoms with Crippen LogP contribution in [0.2, 0.25) is 0 Å². The van der Waals surface area contributed by atoms with Crippen molar-refractivity contribution in [2.75, 3.05) is 7.05 Å². The summed E-state index contributed by atoms with van der Waals surface area (Å²) < 4.78 is 6.38. The Kier molecular flexibility index (Phi) is 3.07. The molecule has 0 aliphatic rings. The quantitative estimate of drug-likeness (QED) is 0.931. The molecule has 1 aromatic carbocycles. The van der Waals surface area contributed by atoms with Crippen LogP contribution in [0.25, 0.3) is 10.9 Å². The zero-order valence-corrected chi connectivity index (χ0v) is 10.3.